The Morgan fingerprint density at radius 2 is 1.71 bits per heavy atom. The summed E-state index contributed by atoms with van der Waals surface area (Å²) in [5.74, 6) is 1.73. The Hall–Kier alpha value is -2.06. The molecule has 0 aromatic heterocycles. The van der Waals surface area contributed by atoms with E-state index in [0.29, 0.717) is 4.47 Å². The van der Waals surface area contributed by atoms with Gasteiger partial charge in [0.05, 0.1) is 5.69 Å². The maximum Gasteiger partial charge on any atom is 0.255 e. The smallest absolute Gasteiger partial charge is 0.255 e. The number of hydrogen-bond acceptors (Lipinski definition) is 3. The lowest BCUT2D eigenvalue weighted by molar-refractivity contribution is 0.102. The first-order valence-corrected chi connectivity index (χ1v) is 6.43. The van der Waals surface area contributed by atoms with Crippen LogP contribution in [0.3, 0.4) is 0 Å². The van der Waals surface area contributed by atoms with Gasteiger partial charge in [-0.15, -0.1) is 0 Å². The van der Waals surface area contributed by atoms with E-state index >= 15 is 0 Å². The van der Waals surface area contributed by atoms with Gasteiger partial charge in [-0.1, -0.05) is 0 Å². The van der Waals surface area contributed by atoms with E-state index in [0.717, 1.165) is 24.3 Å². The van der Waals surface area contributed by atoms with Gasteiger partial charge < -0.3 is 10.7 Å². The van der Waals surface area contributed by atoms with Gasteiger partial charge in [0.25, 0.3) is 5.91 Å². The van der Waals surface area contributed by atoms with Crippen molar-refractivity contribution >= 4 is 33.2 Å². The Morgan fingerprint density at radius 1 is 1.10 bits per heavy atom. The number of rotatable bonds is 3. The fourth-order valence-corrected chi connectivity index (χ4v) is 2.08. The van der Waals surface area contributed by atoms with Gasteiger partial charge in [0.1, 0.15) is 11.5 Å². The molecule has 0 unspecified atom stereocenters. The zero-order chi connectivity index (χ0) is 15.6. The van der Waals surface area contributed by atoms with Crippen molar-refractivity contribution in [1.82, 2.24) is 0 Å². The maximum absolute atomic E-state index is 13.5. The lowest BCUT2D eigenvalue weighted by Gasteiger charge is -2.09. The van der Waals surface area contributed by atoms with Crippen LogP contribution in [0.5, 0.6) is 0 Å². The Labute approximate surface area is 126 Å². The molecule has 0 saturated heterocycles. The Kier molecular flexibility index (Phi) is 4.49. The molecule has 0 saturated carbocycles. The minimum atomic E-state index is -0.999. The lowest BCUT2D eigenvalue weighted by Crippen LogP contribution is -2.15. The van der Waals surface area contributed by atoms with Crippen molar-refractivity contribution in [1.29, 1.82) is 0 Å². The molecule has 0 heterocycles. The number of benzene rings is 2. The van der Waals surface area contributed by atoms with Crippen LogP contribution >= 0.6 is 15.9 Å². The van der Waals surface area contributed by atoms with Crippen LogP contribution < -0.4 is 16.6 Å². The molecule has 2 aromatic rings. The molecule has 0 aliphatic heterocycles. The normalized spacial score (nSPS) is 10.3. The third-order valence-electron chi connectivity index (χ3n) is 2.63. The molecule has 21 heavy (non-hydrogen) atoms. The summed E-state index contributed by atoms with van der Waals surface area (Å²) in [6.07, 6.45) is 0. The number of nitrogens with one attached hydrogen (secondary N) is 2. The van der Waals surface area contributed by atoms with Gasteiger partial charge in [0.2, 0.25) is 0 Å². The molecule has 0 spiro atoms. The quantitative estimate of drug-likeness (QED) is 0.581. The summed E-state index contributed by atoms with van der Waals surface area (Å²) in [5.41, 5.74) is 1.36. The first-order chi connectivity index (χ1) is 9.92. The molecule has 2 rings (SSSR count). The van der Waals surface area contributed by atoms with Gasteiger partial charge in [-0.05, 0) is 46.3 Å². The van der Waals surface area contributed by atoms with Crippen molar-refractivity contribution in [2.24, 2.45) is 5.84 Å². The molecule has 110 valence electrons. The van der Waals surface area contributed by atoms with Crippen molar-refractivity contribution in [2.45, 2.75) is 0 Å². The van der Waals surface area contributed by atoms with Crippen LogP contribution in [0.1, 0.15) is 10.4 Å². The zero-order valence-electron chi connectivity index (χ0n) is 10.4. The molecule has 0 fully saturated rings. The average Bonchev–Trinajstić information content (AvgIpc) is 2.41. The van der Waals surface area contributed by atoms with Crippen LogP contribution in [0.15, 0.2) is 34.8 Å². The first-order valence-electron chi connectivity index (χ1n) is 5.64. The summed E-state index contributed by atoms with van der Waals surface area (Å²) < 4.78 is 40.3. The van der Waals surface area contributed by atoms with Gasteiger partial charge in [-0.3, -0.25) is 10.6 Å². The predicted molar refractivity (Wildman–Crippen MR) is 76.2 cm³/mol. The van der Waals surface area contributed by atoms with E-state index in [-0.39, 0.29) is 11.3 Å². The minimum absolute atomic E-state index is 0.236. The highest BCUT2D eigenvalue weighted by Crippen LogP contribution is 2.25. The molecule has 1 amide bonds. The second-order valence-corrected chi connectivity index (χ2v) is 4.89. The molecular formula is C13H9BrF3N3O. The summed E-state index contributed by atoms with van der Waals surface area (Å²) in [5, 5.41) is 2.41. The predicted octanol–water partition coefficient (Wildman–Crippen LogP) is 3.40. The third-order valence-corrected chi connectivity index (χ3v) is 3.28. The van der Waals surface area contributed by atoms with Crippen LogP contribution in [0.25, 0.3) is 0 Å². The number of carbonyl (C=O) groups excluding carboxylic acids is 1. The van der Waals surface area contributed by atoms with Gasteiger partial charge >= 0.3 is 0 Å². The van der Waals surface area contributed by atoms with E-state index < -0.39 is 29.0 Å². The van der Waals surface area contributed by atoms with E-state index in [2.05, 4.69) is 21.2 Å². The van der Waals surface area contributed by atoms with Crippen LogP contribution in [-0.2, 0) is 0 Å². The number of hydrogen-bond donors (Lipinski definition) is 3. The third kappa shape index (κ3) is 3.34. The minimum Gasteiger partial charge on any atom is -0.321 e. The van der Waals surface area contributed by atoms with E-state index in [1.807, 2.05) is 5.43 Å². The Bertz CT molecular complexity index is 686. The van der Waals surface area contributed by atoms with Gasteiger partial charge in [-0.25, -0.2) is 13.2 Å². The summed E-state index contributed by atoms with van der Waals surface area (Å²) >= 11 is 3.07. The molecule has 2 aromatic carbocycles. The second-order valence-electron chi connectivity index (χ2n) is 4.04. The molecule has 4 N–H and O–H groups in total. The number of halogens is 4. The largest absolute Gasteiger partial charge is 0.321 e. The van der Waals surface area contributed by atoms with Crippen molar-refractivity contribution in [2.75, 3.05) is 10.7 Å². The molecular weight excluding hydrogens is 351 g/mol. The van der Waals surface area contributed by atoms with Crippen molar-refractivity contribution < 1.29 is 18.0 Å². The SMILES string of the molecule is NNc1c(F)cc(C(=O)Nc2ccc(F)cc2Br)cc1F. The number of amides is 1. The van der Waals surface area contributed by atoms with E-state index in [9.17, 15) is 18.0 Å². The first kappa shape index (κ1) is 15.3. The monoisotopic (exact) mass is 359 g/mol. The fraction of sp³-hybridized carbons (Fsp3) is 0. The summed E-state index contributed by atoms with van der Waals surface area (Å²) in [6, 6.07) is 5.29. The summed E-state index contributed by atoms with van der Waals surface area (Å²) in [7, 11) is 0. The number of nitrogens with two attached hydrogens (primary N) is 1. The average molecular weight is 360 g/mol. The van der Waals surface area contributed by atoms with Gasteiger partial charge in [-0.2, -0.15) is 0 Å². The molecule has 0 aliphatic rings. The maximum atomic E-state index is 13.5. The van der Waals surface area contributed by atoms with Gasteiger partial charge in [0, 0.05) is 10.0 Å². The fourth-order valence-electron chi connectivity index (χ4n) is 1.63. The van der Waals surface area contributed by atoms with Crippen LogP contribution in [0, 0.1) is 17.5 Å². The van der Waals surface area contributed by atoms with E-state index in [4.69, 9.17) is 5.84 Å². The number of anilines is 2. The zero-order valence-corrected chi connectivity index (χ0v) is 12.0. The molecule has 4 nitrogen and oxygen atoms in total. The van der Waals surface area contributed by atoms with Crippen LogP contribution in [-0.4, -0.2) is 5.91 Å². The number of hydrazine groups is 1. The summed E-state index contributed by atoms with van der Waals surface area (Å²) in [4.78, 5) is 11.9. The molecule has 8 heteroatoms. The Morgan fingerprint density at radius 3 is 2.24 bits per heavy atom. The molecule has 0 radical (unpaired) electrons. The van der Waals surface area contributed by atoms with E-state index in [1.54, 1.807) is 0 Å². The number of carbonyl (C=O) groups is 1. The highest BCUT2D eigenvalue weighted by atomic mass is 79.9. The summed E-state index contributed by atoms with van der Waals surface area (Å²) in [6.45, 7) is 0. The second kappa shape index (κ2) is 6.15. The molecule has 0 atom stereocenters. The molecule has 0 aliphatic carbocycles. The van der Waals surface area contributed by atoms with Crippen molar-refractivity contribution in [3.8, 4) is 0 Å². The Balaban J connectivity index is 2.28. The highest BCUT2D eigenvalue weighted by Gasteiger charge is 2.15. The van der Waals surface area contributed by atoms with Gasteiger partial charge in [0.15, 0.2) is 11.6 Å². The molecule has 0 bridgehead atoms. The highest BCUT2D eigenvalue weighted by molar-refractivity contribution is 9.10. The van der Waals surface area contributed by atoms with E-state index in [1.165, 1.54) is 6.07 Å². The van der Waals surface area contributed by atoms with Crippen LogP contribution in [0.2, 0.25) is 0 Å². The topological polar surface area (TPSA) is 67.1 Å². The van der Waals surface area contributed by atoms with Crippen molar-refractivity contribution in [3.63, 3.8) is 0 Å². The standard InChI is InChI=1S/C13H9BrF3N3O/c14-8-5-7(15)1-2-11(8)19-13(21)6-3-9(16)12(20-18)10(17)4-6/h1-5,20H,18H2,(H,19,21). The number of nitrogen functional groups attached to an aromatic ring is 1. The lowest BCUT2D eigenvalue weighted by atomic mass is 10.1. The van der Waals surface area contributed by atoms with Crippen LogP contribution in [0.4, 0.5) is 24.5 Å². The van der Waals surface area contributed by atoms with Crippen molar-refractivity contribution in [3.05, 3.63) is 57.8 Å².